The summed E-state index contributed by atoms with van der Waals surface area (Å²) >= 11 is 4.94. The van der Waals surface area contributed by atoms with E-state index in [1.54, 1.807) is 18.7 Å². The molecule has 1 aromatic carbocycles. The van der Waals surface area contributed by atoms with Crippen LogP contribution in [0.15, 0.2) is 45.0 Å². The molecule has 25 heavy (non-hydrogen) atoms. The van der Waals surface area contributed by atoms with Gasteiger partial charge in [-0.15, -0.1) is 0 Å². The Morgan fingerprint density at radius 3 is 2.80 bits per heavy atom. The lowest BCUT2D eigenvalue weighted by Gasteiger charge is -2.33. The number of allylic oxidation sites excluding steroid dienone is 1. The van der Waals surface area contributed by atoms with Gasteiger partial charge in [-0.1, -0.05) is 46.7 Å². The maximum absolute atomic E-state index is 12.9. The van der Waals surface area contributed by atoms with Crippen molar-refractivity contribution in [3.05, 3.63) is 45.6 Å². The van der Waals surface area contributed by atoms with Gasteiger partial charge in [-0.3, -0.25) is 9.69 Å². The summed E-state index contributed by atoms with van der Waals surface area (Å²) in [5.41, 5.74) is 1.89. The maximum atomic E-state index is 12.9. The van der Waals surface area contributed by atoms with Gasteiger partial charge in [0.05, 0.1) is 29.2 Å². The molecule has 1 saturated heterocycles. The van der Waals surface area contributed by atoms with Crippen LogP contribution >= 0.6 is 27.7 Å². The molecule has 2 heterocycles. The van der Waals surface area contributed by atoms with E-state index >= 15 is 0 Å². The first kappa shape index (κ1) is 18.2. The van der Waals surface area contributed by atoms with Gasteiger partial charge in [0.25, 0.3) is 0 Å². The Morgan fingerprint density at radius 1 is 1.40 bits per heavy atom. The monoisotopic (exact) mass is 422 g/mol. The molecule has 7 heteroatoms. The van der Waals surface area contributed by atoms with Crippen LogP contribution in [0, 0.1) is 0 Å². The van der Waals surface area contributed by atoms with E-state index in [1.165, 1.54) is 11.8 Å². The summed E-state index contributed by atoms with van der Waals surface area (Å²) in [6.45, 7) is 5.82. The number of halogens is 1. The Balaban J connectivity index is 2.15. The quantitative estimate of drug-likeness (QED) is 0.686. The molecule has 3 rings (SSSR count). The molecule has 0 unspecified atom stereocenters. The molecule has 0 aromatic heterocycles. The van der Waals surface area contributed by atoms with Crippen LogP contribution in [0.5, 0.6) is 0 Å². The summed E-state index contributed by atoms with van der Waals surface area (Å²) in [7, 11) is 0. The standard InChI is InChI=1S/C18H19BrN2O3S/c1-4-13-16(22)21-15(11-7-6-8-12(19)9-11)14(17(23)24-5-2)10(3)20-18(21)25-13/h6-9,13,15H,4-5H2,1-3H3/t13-,15+/m1/s1. The van der Waals surface area contributed by atoms with Gasteiger partial charge in [-0.2, -0.15) is 0 Å². The number of carbonyl (C=O) groups excluding carboxylic acids is 2. The normalized spacial score (nSPS) is 22.8. The fourth-order valence-corrected chi connectivity index (χ4v) is 4.60. The Labute approximate surface area is 159 Å². The van der Waals surface area contributed by atoms with Crippen LogP contribution in [0.1, 0.15) is 38.8 Å². The summed E-state index contributed by atoms with van der Waals surface area (Å²) in [6.07, 6.45) is 0.720. The first-order valence-corrected chi connectivity index (χ1v) is 9.86. The second-order valence-corrected chi connectivity index (χ2v) is 7.88. The van der Waals surface area contributed by atoms with Crippen molar-refractivity contribution in [2.45, 2.75) is 38.5 Å². The molecule has 1 amide bonds. The fraction of sp³-hybridized carbons (Fsp3) is 0.389. The number of nitrogens with zero attached hydrogens (tertiary/aromatic N) is 2. The number of aliphatic imine (C=N–C) groups is 1. The molecule has 1 aromatic rings. The summed E-state index contributed by atoms with van der Waals surface area (Å²) in [5.74, 6) is -0.434. The van der Waals surface area contributed by atoms with E-state index in [4.69, 9.17) is 4.74 Å². The third kappa shape index (κ3) is 3.27. The molecule has 0 saturated carbocycles. The molecule has 2 aliphatic heterocycles. The Kier molecular flexibility index (Phi) is 5.34. The summed E-state index contributed by atoms with van der Waals surface area (Å²) in [4.78, 5) is 31.7. The minimum absolute atomic E-state index is 0.00877. The van der Waals surface area contributed by atoms with Crippen LogP contribution in [0.4, 0.5) is 0 Å². The van der Waals surface area contributed by atoms with Gasteiger partial charge in [0.2, 0.25) is 5.91 Å². The average molecular weight is 423 g/mol. The van der Waals surface area contributed by atoms with Crippen LogP contribution < -0.4 is 0 Å². The fourth-order valence-electron chi connectivity index (χ4n) is 3.05. The zero-order valence-corrected chi connectivity index (χ0v) is 16.7. The lowest BCUT2D eigenvalue weighted by atomic mass is 9.94. The highest BCUT2D eigenvalue weighted by Crippen LogP contribution is 2.44. The largest absolute Gasteiger partial charge is 0.463 e. The average Bonchev–Trinajstić information content (AvgIpc) is 2.89. The number of ether oxygens (including phenoxy) is 1. The number of carbonyl (C=O) groups is 2. The van der Waals surface area contributed by atoms with Crippen molar-refractivity contribution >= 4 is 44.7 Å². The highest BCUT2D eigenvalue weighted by Gasteiger charge is 2.47. The maximum Gasteiger partial charge on any atom is 0.338 e. The predicted octanol–water partition coefficient (Wildman–Crippen LogP) is 4.05. The molecule has 0 aliphatic carbocycles. The van der Waals surface area contributed by atoms with Crippen molar-refractivity contribution in [1.29, 1.82) is 0 Å². The molecule has 0 radical (unpaired) electrons. The van der Waals surface area contributed by atoms with Crippen LogP contribution in [-0.2, 0) is 14.3 Å². The number of hydrogen-bond acceptors (Lipinski definition) is 5. The number of benzene rings is 1. The molecular weight excluding hydrogens is 404 g/mol. The van der Waals surface area contributed by atoms with Crippen molar-refractivity contribution in [3.8, 4) is 0 Å². The lowest BCUT2D eigenvalue weighted by Crippen LogP contribution is -2.40. The van der Waals surface area contributed by atoms with Gasteiger partial charge in [0.15, 0.2) is 5.17 Å². The summed E-state index contributed by atoms with van der Waals surface area (Å²) in [6, 6.07) is 7.14. The van der Waals surface area contributed by atoms with Gasteiger partial charge in [0, 0.05) is 4.47 Å². The molecule has 2 aliphatic rings. The van der Waals surface area contributed by atoms with E-state index in [0.29, 0.717) is 16.4 Å². The van der Waals surface area contributed by atoms with Crippen LogP contribution in [-0.4, -0.2) is 33.8 Å². The Hall–Kier alpha value is -1.60. The Morgan fingerprint density at radius 2 is 2.16 bits per heavy atom. The molecule has 0 bridgehead atoms. The van der Waals surface area contributed by atoms with E-state index in [0.717, 1.165) is 16.5 Å². The Bertz CT molecular complexity index is 790. The van der Waals surface area contributed by atoms with Crippen LogP contribution in [0.2, 0.25) is 0 Å². The highest BCUT2D eigenvalue weighted by atomic mass is 79.9. The van der Waals surface area contributed by atoms with E-state index < -0.39 is 12.0 Å². The number of esters is 1. The molecule has 5 nitrogen and oxygen atoms in total. The van der Waals surface area contributed by atoms with Gasteiger partial charge in [-0.25, -0.2) is 9.79 Å². The minimum Gasteiger partial charge on any atom is -0.463 e. The van der Waals surface area contributed by atoms with Gasteiger partial charge in [0.1, 0.15) is 0 Å². The van der Waals surface area contributed by atoms with Crippen LogP contribution in [0.3, 0.4) is 0 Å². The molecular formula is C18H19BrN2O3S. The topological polar surface area (TPSA) is 59.0 Å². The van der Waals surface area contributed by atoms with E-state index in [1.807, 2.05) is 31.2 Å². The molecule has 2 atom stereocenters. The van der Waals surface area contributed by atoms with Crippen LogP contribution in [0.25, 0.3) is 0 Å². The van der Waals surface area contributed by atoms with Crippen molar-refractivity contribution in [2.75, 3.05) is 6.61 Å². The van der Waals surface area contributed by atoms with Crippen molar-refractivity contribution in [3.63, 3.8) is 0 Å². The van der Waals surface area contributed by atoms with Gasteiger partial charge >= 0.3 is 5.97 Å². The SMILES string of the molecule is CCOC(=O)C1=C(C)N=C2S[C@H](CC)C(=O)N2[C@H]1c1cccc(Br)c1. The molecule has 0 spiro atoms. The number of hydrogen-bond donors (Lipinski definition) is 0. The minimum atomic E-state index is -0.513. The first-order chi connectivity index (χ1) is 12.0. The van der Waals surface area contributed by atoms with Crippen molar-refractivity contribution in [1.82, 2.24) is 4.90 Å². The second kappa shape index (κ2) is 7.33. The summed E-state index contributed by atoms with van der Waals surface area (Å²) < 4.78 is 6.14. The summed E-state index contributed by atoms with van der Waals surface area (Å²) in [5, 5.41) is 0.495. The number of thioether (sulfide) groups is 1. The van der Waals surface area contributed by atoms with Crippen molar-refractivity contribution < 1.29 is 14.3 Å². The highest BCUT2D eigenvalue weighted by molar-refractivity contribution is 9.10. The zero-order chi connectivity index (χ0) is 18.1. The predicted molar refractivity (Wildman–Crippen MR) is 102 cm³/mol. The smallest absolute Gasteiger partial charge is 0.338 e. The van der Waals surface area contributed by atoms with E-state index in [-0.39, 0.29) is 17.8 Å². The second-order valence-electron chi connectivity index (χ2n) is 5.79. The van der Waals surface area contributed by atoms with Gasteiger partial charge < -0.3 is 4.74 Å². The number of amides is 1. The van der Waals surface area contributed by atoms with Gasteiger partial charge in [-0.05, 0) is 38.0 Å². The number of fused-ring (bicyclic) bond motifs is 1. The lowest BCUT2D eigenvalue weighted by molar-refractivity contribution is -0.139. The van der Waals surface area contributed by atoms with Crippen molar-refractivity contribution in [2.24, 2.45) is 4.99 Å². The zero-order valence-electron chi connectivity index (χ0n) is 14.3. The molecule has 132 valence electrons. The molecule has 0 N–H and O–H groups in total. The first-order valence-electron chi connectivity index (χ1n) is 8.19. The number of rotatable bonds is 4. The third-order valence-corrected chi connectivity index (χ3v) is 5.99. The third-order valence-electron chi connectivity index (χ3n) is 4.18. The number of amidine groups is 1. The van der Waals surface area contributed by atoms with E-state index in [9.17, 15) is 9.59 Å². The molecule has 1 fully saturated rings. The van der Waals surface area contributed by atoms with E-state index in [2.05, 4.69) is 20.9 Å².